The molecule has 0 fully saturated rings. The highest BCUT2D eigenvalue weighted by Crippen LogP contribution is 2.39. The zero-order chi connectivity index (χ0) is 14.2. The number of nitro benzene ring substituents is 1. The molecule has 2 rings (SSSR count). The van der Waals surface area contributed by atoms with Crippen LogP contribution in [0.3, 0.4) is 0 Å². The first-order valence-electron chi connectivity index (χ1n) is 6.20. The second-order valence-electron chi connectivity index (χ2n) is 4.94. The van der Waals surface area contributed by atoms with Crippen LogP contribution < -0.4 is 4.90 Å². The third-order valence-electron chi connectivity index (χ3n) is 3.19. The van der Waals surface area contributed by atoms with Gasteiger partial charge in [0.25, 0.3) is 5.69 Å². The summed E-state index contributed by atoms with van der Waals surface area (Å²) in [5.41, 5.74) is 1.33. The van der Waals surface area contributed by atoms with Gasteiger partial charge >= 0.3 is 0 Å². The molecule has 1 heterocycles. The second kappa shape index (κ2) is 5.28. The van der Waals surface area contributed by atoms with Crippen LogP contribution in [0.1, 0.15) is 25.8 Å². The molecule has 6 heteroatoms. The molecule has 0 aromatic heterocycles. The van der Waals surface area contributed by atoms with Crippen LogP contribution in [0.25, 0.3) is 0 Å². The lowest BCUT2D eigenvalue weighted by atomic mass is 9.99. The number of hydrogen-bond acceptors (Lipinski definition) is 3. The first-order chi connectivity index (χ1) is 8.91. The monoisotopic (exact) mass is 326 g/mol. The van der Waals surface area contributed by atoms with E-state index in [0.29, 0.717) is 16.7 Å². The van der Waals surface area contributed by atoms with Gasteiger partial charge in [0.05, 0.1) is 4.92 Å². The Morgan fingerprint density at radius 2 is 2.16 bits per heavy atom. The summed E-state index contributed by atoms with van der Waals surface area (Å²) in [4.78, 5) is 24.6. The Bertz CT molecular complexity index is 543. The van der Waals surface area contributed by atoms with Crippen molar-refractivity contribution in [2.45, 2.75) is 26.7 Å². The van der Waals surface area contributed by atoms with Crippen molar-refractivity contribution in [3.63, 3.8) is 0 Å². The summed E-state index contributed by atoms with van der Waals surface area (Å²) in [7, 11) is 0. The summed E-state index contributed by atoms with van der Waals surface area (Å²) < 4.78 is 0.678. The van der Waals surface area contributed by atoms with E-state index in [0.717, 1.165) is 18.4 Å². The highest BCUT2D eigenvalue weighted by molar-refractivity contribution is 9.10. The van der Waals surface area contributed by atoms with Gasteiger partial charge in [0, 0.05) is 23.0 Å². The lowest BCUT2D eigenvalue weighted by molar-refractivity contribution is -0.384. The van der Waals surface area contributed by atoms with E-state index in [1.54, 1.807) is 18.7 Å². The standard InChI is InChI=1S/C13H15BrN2O3/c1-8(2)13(17)15-5-3-4-9-6-10(14)7-11(12(9)15)16(18)19/h6-8H,3-5H2,1-2H3. The quantitative estimate of drug-likeness (QED) is 0.618. The molecule has 0 atom stereocenters. The fourth-order valence-electron chi connectivity index (χ4n) is 2.35. The van der Waals surface area contributed by atoms with E-state index in [1.165, 1.54) is 6.07 Å². The highest BCUT2D eigenvalue weighted by Gasteiger charge is 2.31. The minimum Gasteiger partial charge on any atom is -0.306 e. The molecule has 1 aromatic rings. The fraction of sp³-hybridized carbons (Fsp3) is 0.462. The third kappa shape index (κ3) is 2.63. The first-order valence-corrected chi connectivity index (χ1v) is 6.99. The summed E-state index contributed by atoms with van der Waals surface area (Å²) in [6.45, 7) is 4.16. The van der Waals surface area contributed by atoms with Crippen LogP contribution in [-0.2, 0) is 11.2 Å². The molecule has 1 amide bonds. The SMILES string of the molecule is CC(C)C(=O)N1CCCc2cc(Br)cc([N+](=O)[O-])c21. The normalized spacial score (nSPS) is 14.4. The van der Waals surface area contributed by atoms with Crippen LogP contribution >= 0.6 is 15.9 Å². The number of carbonyl (C=O) groups is 1. The maximum absolute atomic E-state index is 12.2. The topological polar surface area (TPSA) is 63.5 Å². The molecular weight excluding hydrogens is 312 g/mol. The van der Waals surface area contributed by atoms with E-state index in [4.69, 9.17) is 0 Å². The van der Waals surface area contributed by atoms with E-state index >= 15 is 0 Å². The van der Waals surface area contributed by atoms with Crippen LogP contribution in [0.15, 0.2) is 16.6 Å². The number of amides is 1. The van der Waals surface area contributed by atoms with Gasteiger partial charge < -0.3 is 4.90 Å². The molecule has 0 bridgehead atoms. The summed E-state index contributed by atoms with van der Waals surface area (Å²) in [6.07, 6.45) is 1.59. The number of nitrogens with zero attached hydrogens (tertiary/aromatic N) is 2. The van der Waals surface area contributed by atoms with Crippen LogP contribution in [0, 0.1) is 16.0 Å². The second-order valence-corrected chi connectivity index (χ2v) is 5.85. The molecule has 0 aliphatic carbocycles. The van der Waals surface area contributed by atoms with Gasteiger partial charge in [-0.3, -0.25) is 14.9 Å². The van der Waals surface area contributed by atoms with E-state index in [9.17, 15) is 14.9 Å². The summed E-state index contributed by atoms with van der Waals surface area (Å²) in [5.74, 6) is -0.236. The minimum absolute atomic E-state index is 0.00178. The van der Waals surface area contributed by atoms with Crippen molar-refractivity contribution in [1.82, 2.24) is 0 Å². The molecule has 0 unspecified atom stereocenters. The molecule has 0 spiro atoms. The Labute approximate surface area is 119 Å². The van der Waals surface area contributed by atoms with Gasteiger partial charge in [-0.1, -0.05) is 29.8 Å². The van der Waals surface area contributed by atoms with Gasteiger partial charge in [-0.15, -0.1) is 0 Å². The molecule has 102 valence electrons. The molecule has 0 N–H and O–H groups in total. The highest BCUT2D eigenvalue weighted by atomic mass is 79.9. The molecular formula is C13H15BrN2O3. The Balaban J connectivity index is 2.59. The van der Waals surface area contributed by atoms with Crippen LogP contribution in [0.5, 0.6) is 0 Å². The summed E-state index contributed by atoms with van der Waals surface area (Å²) in [5, 5.41) is 11.2. The van der Waals surface area contributed by atoms with Crippen molar-refractivity contribution in [2.24, 2.45) is 5.92 Å². The third-order valence-corrected chi connectivity index (χ3v) is 3.65. The molecule has 0 radical (unpaired) electrons. The predicted octanol–water partition coefficient (Wildman–Crippen LogP) is 3.29. The Morgan fingerprint density at radius 3 is 2.74 bits per heavy atom. The van der Waals surface area contributed by atoms with Crippen LogP contribution in [0.2, 0.25) is 0 Å². The van der Waals surface area contributed by atoms with Crippen molar-refractivity contribution in [3.8, 4) is 0 Å². The van der Waals surface area contributed by atoms with Gasteiger partial charge in [-0.2, -0.15) is 0 Å². The van der Waals surface area contributed by atoms with Crippen LogP contribution in [0.4, 0.5) is 11.4 Å². The molecule has 1 aromatic carbocycles. The number of fused-ring (bicyclic) bond motifs is 1. The smallest absolute Gasteiger partial charge is 0.294 e. The molecule has 1 aliphatic rings. The maximum atomic E-state index is 12.2. The Hall–Kier alpha value is -1.43. The zero-order valence-corrected chi connectivity index (χ0v) is 12.4. The summed E-state index contributed by atoms with van der Waals surface area (Å²) >= 11 is 3.29. The number of hydrogen-bond donors (Lipinski definition) is 0. The lowest BCUT2D eigenvalue weighted by Crippen LogP contribution is -2.38. The van der Waals surface area contributed by atoms with E-state index < -0.39 is 4.92 Å². The van der Waals surface area contributed by atoms with Crippen molar-refractivity contribution in [3.05, 3.63) is 32.3 Å². The number of aryl methyl sites for hydroxylation is 1. The number of halogens is 1. The summed E-state index contributed by atoms with van der Waals surface area (Å²) in [6, 6.07) is 3.33. The van der Waals surface area contributed by atoms with Crippen LogP contribution in [-0.4, -0.2) is 17.4 Å². The zero-order valence-electron chi connectivity index (χ0n) is 10.9. The van der Waals surface area contributed by atoms with Gasteiger partial charge in [0.15, 0.2) is 0 Å². The lowest BCUT2D eigenvalue weighted by Gasteiger charge is -2.30. The maximum Gasteiger partial charge on any atom is 0.294 e. The Morgan fingerprint density at radius 1 is 1.47 bits per heavy atom. The van der Waals surface area contributed by atoms with Crippen molar-refractivity contribution in [1.29, 1.82) is 0 Å². The number of rotatable bonds is 2. The number of carbonyl (C=O) groups excluding carboxylic acids is 1. The molecule has 19 heavy (non-hydrogen) atoms. The van der Waals surface area contributed by atoms with Gasteiger partial charge in [-0.05, 0) is 24.5 Å². The predicted molar refractivity (Wildman–Crippen MR) is 76.3 cm³/mol. The van der Waals surface area contributed by atoms with Gasteiger partial charge in [0.1, 0.15) is 5.69 Å². The molecule has 0 saturated carbocycles. The molecule has 5 nitrogen and oxygen atoms in total. The Kier molecular flexibility index (Phi) is 3.89. The minimum atomic E-state index is -0.421. The van der Waals surface area contributed by atoms with Crippen molar-refractivity contribution < 1.29 is 9.72 Å². The molecule has 0 saturated heterocycles. The van der Waals surface area contributed by atoms with E-state index in [2.05, 4.69) is 15.9 Å². The van der Waals surface area contributed by atoms with E-state index in [1.807, 2.05) is 6.07 Å². The largest absolute Gasteiger partial charge is 0.306 e. The average Bonchev–Trinajstić information content (AvgIpc) is 2.35. The van der Waals surface area contributed by atoms with E-state index in [-0.39, 0.29) is 17.5 Å². The van der Waals surface area contributed by atoms with Gasteiger partial charge in [0.2, 0.25) is 5.91 Å². The number of anilines is 1. The van der Waals surface area contributed by atoms with Crippen molar-refractivity contribution >= 4 is 33.2 Å². The first kappa shape index (κ1) is 14.0. The van der Waals surface area contributed by atoms with Crippen molar-refractivity contribution in [2.75, 3.05) is 11.4 Å². The average molecular weight is 327 g/mol. The van der Waals surface area contributed by atoms with Gasteiger partial charge in [-0.25, -0.2) is 0 Å². The number of benzene rings is 1. The fourth-order valence-corrected chi connectivity index (χ4v) is 2.85. The number of nitro groups is 1. The molecule has 1 aliphatic heterocycles.